The van der Waals surface area contributed by atoms with Crippen LogP contribution < -0.4 is 5.32 Å². The number of carbonyl (C=O) groups is 4. The van der Waals surface area contributed by atoms with Gasteiger partial charge in [-0.15, -0.1) is 0 Å². The molecule has 0 radical (unpaired) electrons. The number of hydrogen-bond donors (Lipinski definition) is 1. The van der Waals surface area contributed by atoms with E-state index in [0.717, 1.165) is 29.7 Å². The van der Waals surface area contributed by atoms with Crippen LogP contribution >= 0.6 is 0 Å². The molecule has 4 rings (SSSR count). The van der Waals surface area contributed by atoms with Crippen LogP contribution in [0.3, 0.4) is 0 Å². The maximum absolute atomic E-state index is 12.8. The van der Waals surface area contributed by atoms with Crippen LogP contribution in [0.1, 0.15) is 31.7 Å². The monoisotopic (exact) mass is 384 g/mol. The molecule has 1 saturated heterocycles. The Bertz CT molecular complexity index is 823. The van der Waals surface area contributed by atoms with Gasteiger partial charge in [-0.2, -0.15) is 0 Å². The Labute approximate surface area is 163 Å². The highest BCUT2D eigenvalue weighted by atomic mass is 16.5. The van der Waals surface area contributed by atoms with Crippen molar-refractivity contribution in [3.05, 3.63) is 29.8 Å². The lowest BCUT2D eigenvalue weighted by atomic mass is 9.81. The molecule has 0 spiro atoms. The Morgan fingerprint density at radius 3 is 2.36 bits per heavy atom. The molecule has 3 fully saturated rings. The van der Waals surface area contributed by atoms with Crippen LogP contribution in [0.4, 0.5) is 5.69 Å². The van der Waals surface area contributed by atoms with Crippen molar-refractivity contribution >= 4 is 29.4 Å². The van der Waals surface area contributed by atoms with Crippen LogP contribution in [0.25, 0.3) is 0 Å². The van der Waals surface area contributed by atoms with Gasteiger partial charge in [0.15, 0.2) is 6.61 Å². The lowest BCUT2D eigenvalue weighted by Crippen LogP contribution is -2.45. The van der Waals surface area contributed by atoms with E-state index in [2.05, 4.69) is 5.32 Å². The first-order valence-electron chi connectivity index (χ1n) is 9.77. The zero-order valence-electron chi connectivity index (χ0n) is 16.0. The van der Waals surface area contributed by atoms with Crippen molar-refractivity contribution in [1.29, 1.82) is 0 Å². The van der Waals surface area contributed by atoms with Crippen molar-refractivity contribution in [3.63, 3.8) is 0 Å². The Morgan fingerprint density at radius 1 is 1.14 bits per heavy atom. The second-order valence-corrected chi connectivity index (χ2v) is 8.08. The number of esters is 1. The SMILES string of the molecule is Cc1ccccc1NC(=O)COC(=O)[C@H](C)N1C(=O)[C@H]2[C@@H]3CC[C@@H](C3)[C@@H]2C1=O. The summed E-state index contributed by atoms with van der Waals surface area (Å²) in [6, 6.07) is 6.25. The number of hydrogen-bond acceptors (Lipinski definition) is 5. The standard InChI is InChI=1S/C21H24N2O5/c1-11-5-3-4-6-15(11)22-16(24)10-28-21(27)12(2)23-19(25)17-13-7-8-14(9-13)18(17)20(23)26/h3-6,12-14,17-18H,7-10H2,1-2H3,(H,22,24)/t12-,13-,14+,17-,18-/m0/s1. The molecule has 0 aromatic heterocycles. The molecule has 1 aromatic carbocycles. The molecule has 2 aliphatic carbocycles. The quantitative estimate of drug-likeness (QED) is 0.618. The van der Waals surface area contributed by atoms with E-state index >= 15 is 0 Å². The molecule has 28 heavy (non-hydrogen) atoms. The van der Waals surface area contributed by atoms with Crippen molar-refractivity contribution in [2.24, 2.45) is 23.7 Å². The summed E-state index contributed by atoms with van der Waals surface area (Å²) < 4.78 is 5.08. The Hall–Kier alpha value is -2.70. The fourth-order valence-corrected chi connectivity index (χ4v) is 5.08. The Balaban J connectivity index is 1.35. The van der Waals surface area contributed by atoms with Crippen LogP contribution in [0.5, 0.6) is 0 Å². The molecule has 3 aliphatic rings. The number of para-hydroxylation sites is 1. The van der Waals surface area contributed by atoms with Crippen molar-refractivity contribution in [1.82, 2.24) is 4.90 Å². The van der Waals surface area contributed by atoms with Crippen molar-refractivity contribution in [3.8, 4) is 0 Å². The molecule has 2 saturated carbocycles. The van der Waals surface area contributed by atoms with Crippen molar-refractivity contribution in [2.45, 2.75) is 39.2 Å². The number of benzene rings is 1. The van der Waals surface area contributed by atoms with Gasteiger partial charge in [0.2, 0.25) is 11.8 Å². The van der Waals surface area contributed by atoms with E-state index in [-0.39, 0.29) is 35.5 Å². The van der Waals surface area contributed by atoms with Gasteiger partial charge in [-0.25, -0.2) is 4.79 Å². The number of ether oxygens (including phenoxy) is 1. The predicted octanol–water partition coefficient (Wildman–Crippen LogP) is 1.90. The highest BCUT2D eigenvalue weighted by molar-refractivity contribution is 6.08. The number of imide groups is 1. The minimum Gasteiger partial charge on any atom is -0.454 e. The second kappa shape index (κ2) is 7.04. The van der Waals surface area contributed by atoms with Gasteiger partial charge < -0.3 is 10.1 Å². The van der Waals surface area contributed by atoms with Gasteiger partial charge in [-0.3, -0.25) is 19.3 Å². The highest BCUT2D eigenvalue weighted by Gasteiger charge is 2.62. The summed E-state index contributed by atoms with van der Waals surface area (Å²) in [5, 5.41) is 2.68. The number of fused-ring (bicyclic) bond motifs is 5. The summed E-state index contributed by atoms with van der Waals surface area (Å²) in [5.74, 6) is -1.74. The summed E-state index contributed by atoms with van der Waals surface area (Å²) in [6.07, 6.45) is 2.91. The van der Waals surface area contributed by atoms with E-state index in [1.165, 1.54) is 6.92 Å². The zero-order valence-corrected chi connectivity index (χ0v) is 16.0. The second-order valence-electron chi connectivity index (χ2n) is 8.08. The van der Waals surface area contributed by atoms with Gasteiger partial charge in [0, 0.05) is 5.69 Å². The van der Waals surface area contributed by atoms with Crippen LogP contribution in [0, 0.1) is 30.6 Å². The number of amides is 3. The number of nitrogens with zero attached hydrogens (tertiary/aromatic N) is 1. The average molecular weight is 384 g/mol. The van der Waals surface area contributed by atoms with Crippen LogP contribution in [0.2, 0.25) is 0 Å². The maximum atomic E-state index is 12.8. The molecule has 2 bridgehead atoms. The van der Waals surface area contributed by atoms with Gasteiger partial charge in [0.1, 0.15) is 6.04 Å². The first-order valence-corrected chi connectivity index (χ1v) is 9.77. The molecule has 7 nitrogen and oxygen atoms in total. The third-order valence-corrected chi connectivity index (χ3v) is 6.45. The van der Waals surface area contributed by atoms with E-state index in [9.17, 15) is 19.2 Å². The minimum absolute atomic E-state index is 0.254. The van der Waals surface area contributed by atoms with Crippen LogP contribution in [-0.4, -0.2) is 41.2 Å². The number of aryl methyl sites for hydroxylation is 1. The Morgan fingerprint density at radius 2 is 1.75 bits per heavy atom. The highest BCUT2D eigenvalue weighted by Crippen LogP contribution is 2.56. The molecular formula is C21H24N2O5. The number of anilines is 1. The van der Waals surface area contributed by atoms with Crippen molar-refractivity contribution in [2.75, 3.05) is 11.9 Å². The zero-order chi connectivity index (χ0) is 20.0. The van der Waals surface area contributed by atoms with Gasteiger partial charge in [0.05, 0.1) is 11.8 Å². The number of nitrogens with one attached hydrogen (secondary N) is 1. The van der Waals surface area contributed by atoms with Crippen LogP contribution in [-0.2, 0) is 23.9 Å². The number of likely N-dealkylation sites (tertiary alicyclic amines) is 1. The fourth-order valence-electron chi connectivity index (χ4n) is 5.08. The summed E-state index contributed by atoms with van der Waals surface area (Å²) in [4.78, 5) is 51.1. The summed E-state index contributed by atoms with van der Waals surface area (Å²) in [7, 11) is 0. The fraction of sp³-hybridized carbons (Fsp3) is 0.524. The summed E-state index contributed by atoms with van der Waals surface area (Å²) >= 11 is 0. The van der Waals surface area contributed by atoms with E-state index in [1.807, 2.05) is 19.1 Å². The molecule has 1 aromatic rings. The molecule has 0 unspecified atom stereocenters. The Kier molecular flexibility index (Phi) is 4.69. The topological polar surface area (TPSA) is 92.8 Å². The van der Waals surface area contributed by atoms with Gasteiger partial charge in [0.25, 0.3) is 5.91 Å². The lowest BCUT2D eigenvalue weighted by molar-refractivity contribution is -0.159. The molecule has 1 heterocycles. The molecule has 3 amide bonds. The minimum atomic E-state index is -1.02. The third-order valence-electron chi connectivity index (χ3n) is 6.45. The molecule has 5 atom stereocenters. The smallest absolute Gasteiger partial charge is 0.329 e. The third kappa shape index (κ3) is 2.99. The first kappa shape index (κ1) is 18.7. The molecular weight excluding hydrogens is 360 g/mol. The van der Waals surface area contributed by atoms with Gasteiger partial charge in [-0.1, -0.05) is 18.2 Å². The number of rotatable bonds is 5. The lowest BCUT2D eigenvalue weighted by Gasteiger charge is -2.23. The van der Waals surface area contributed by atoms with E-state index in [0.29, 0.717) is 5.69 Å². The number of carbonyl (C=O) groups excluding carboxylic acids is 4. The largest absolute Gasteiger partial charge is 0.454 e. The summed E-state index contributed by atoms with van der Waals surface area (Å²) in [6.45, 7) is 2.88. The molecule has 148 valence electrons. The predicted molar refractivity (Wildman–Crippen MR) is 99.9 cm³/mol. The van der Waals surface area contributed by atoms with E-state index in [1.54, 1.807) is 12.1 Å². The first-order chi connectivity index (χ1) is 13.4. The van der Waals surface area contributed by atoms with Crippen molar-refractivity contribution < 1.29 is 23.9 Å². The van der Waals surface area contributed by atoms with Gasteiger partial charge in [-0.05, 0) is 56.6 Å². The molecule has 7 heteroatoms. The molecule has 1 aliphatic heterocycles. The molecule has 1 N–H and O–H groups in total. The van der Waals surface area contributed by atoms with E-state index in [4.69, 9.17) is 4.74 Å². The normalized spacial score (nSPS) is 29.0. The average Bonchev–Trinajstić information content (AvgIpc) is 3.35. The maximum Gasteiger partial charge on any atom is 0.329 e. The van der Waals surface area contributed by atoms with Gasteiger partial charge >= 0.3 is 5.97 Å². The summed E-state index contributed by atoms with van der Waals surface area (Å²) in [5.41, 5.74) is 1.54. The van der Waals surface area contributed by atoms with Crippen LogP contribution in [0.15, 0.2) is 24.3 Å². The van der Waals surface area contributed by atoms with E-state index < -0.39 is 24.5 Å².